The first-order valence-electron chi connectivity index (χ1n) is 6.76. The second-order valence-electron chi connectivity index (χ2n) is 5.12. The van der Waals surface area contributed by atoms with Gasteiger partial charge in [-0.3, -0.25) is 0 Å². The molecule has 1 unspecified atom stereocenters. The predicted molar refractivity (Wildman–Crippen MR) is 81.3 cm³/mol. The van der Waals surface area contributed by atoms with E-state index in [-0.39, 0.29) is 0 Å². The van der Waals surface area contributed by atoms with Crippen molar-refractivity contribution in [3.63, 3.8) is 0 Å². The Morgan fingerprint density at radius 1 is 0.955 bits per heavy atom. The summed E-state index contributed by atoms with van der Waals surface area (Å²) < 4.78 is 54.9. The molecule has 0 bridgehead atoms. The summed E-state index contributed by atoms with van der Waals surface area (Å²) in [4.78, 5) is 0. The van der Waals surface area contributed by atoms with E-state index in [9.17, 15) is 17.6 Å². The second kappa shape index (κ2) is 6.38. The van der Waals surface area contributed by atoms with Crippen molar-refractivity contribution in [3.05, 3.63) is 70.8 Å². The topological polar surface area (TPSA) is 0 Å². The van der Waals surface area contributed by atoms with E-state index in [1.54, 1.807) is 37.3 Å². The van der Waals surface area contributed by atoms with E-state index >= 15 is 0 Å². The first kappa shape index (κ1) is 16.3. The smallest absolute Gasteiger partial charge is 0.168 e. The van der Waals surface area contributed by atoms with E-state index in [1.165, 1.54) is 7.28 Å². The molecule has 2 aromatic rings. The van der Waals surface area contributed by atoms with Crippen LogP contribution in [-0.2, 0) is 0 Å². The molecule has 5 heteroatoms. The van der Waals surface area contributed by atoms with Gasteiger partial charge in [-0.1, -0.05) is 49.4 Å². The minimum Gasteiger partial charge on any atom is -0.204 e. The number of hydrogen-bond acceptors (Lipinski definition) is 0. The molecule has 0 N–H and O–H groups in total. The van der Waals surface area contributed by atoms with Crippen molar-refractivity contribution in [2.24, 2.45) is 0 Å². The van der Waals surface area contributed by atoms with Gasteiger partial charge in [0.15, 0.2) is 30.5 Å². The van der Waals surface area contributed by atoms with Gasteiger partial charge in [-0.15, -0.1) is 0 Å². The summed E-state index contributed by atoms with van der Waals surface area (Å²) >= 11 is 0. The Morgan fingerprint density at radius 3 is 1.91 bits per heavy atom. The molecule has 22 heavy (non-hydrogen) atoms. The van der Waals surface area contributed by atoms with Crippen LogP contribution in [0.2, 0.25) is 0 Å². The Hall–Kier alpha value is -2.04. The largest absolute Gasteiger partial charge is 0.204 e. The molecule has 1 radical (unpaired) electrons. The van der Waals surface area contributed by atoms with Gasteiger partial charge in [0.1, 0.15) is 0 Å². The van der Waals surface area contributed by atoms with Gasteiger partial charge >= 0.3 is 0 Å². The van der Waals surface area contributed by atoms with Crippen molar-refractivity contribution >= 4 is 18.8 Å². The van der Waals surface area contributed by atoms with E-state index in [1.807, 2.05) is 0 Å². The van der Waals surface area contributed by atoms with Crippen LogP contribution < -0.4 is 5.46 Å². The summed E-state index contributed by atoms with van der Waals surface area (Å²) in [6, 6.07) is 7.15. The standard InChI is InChI=1S/C17H14BF4/c1-4-11-5-7-12(8-6-11)10(3)18-13-16(21)14(19)9(2)15(20)17(13)22/h4-8,10H,1H2,2-3H3. The Labute approximate surface area is 127 Å². The molecular weight excluding hydrogens is 291 g/mol. The van der Waals surface area contributed by atoms with Gasteiger partial charge in [0, 0.05) is 5.56 Å². The minimum atomic E-state index is -1.37. The molecule has 0 spiro atoms. The van der Waals surface area contributed by atoms with Crippen molar-refractivity contribution in [3.8, 4) is 0 Å². The summed E-state index contributed by atoms with van der Waals surface area (Å²) in [7, 11) is 1.18. The maximum atomic E-state index is 13.9. The molecule has 0 saturated carbocycles. The van der Waals surface area contributed by atoms with Crippen molar-refractivity contribution in [1.82, 2.24) is 0 Å². The van der Waals surface area contributed by atoms with Crippen LogP contribution >= 0.6 is 0 Å². The number of halogens is 4. The maximum Gasteiger partial charge on any atom is 0.168 e. The van der Waals surface area contributed by atoms with Crippen molar-refractivity contribution in [2.45, 2.75) is 19.7 Å². The van der Waals surface area contributed by atoms with Crippen LogP contribution in [0.1, 0.15) is 29.4 Å². The summed E-state index contributed by atoms with van der Waals surface area (Å²) in [6.45, 7) is 6.32. The number of hydrogen-bond donors (Lipinski definition) is 0. The number of rotatable bonds is 4. The third-order valence-corrected chi connectivity index (χ3v) is 3.63. The average Bonchev–Trinajstić information content (AvgIpc) is 2.55. The van der Waals surface area contributed by atoms with Crippen molar-refractivity contribution in [1.29, 1.82) is 0 Å². The molecule has 0 aliphatic rings. The predicted octanol–water partition coefficient (Wildman–Crippen LogP) is 4.29. The van der Waals surface area contributed by atoms with Crippen LogP contribution in [0, 0.1) is 30.2 Å². The third-order valence-electron chi connectivity index (χ3n) is 3.63. The highest BCUT2D eigenvalue weighted by Crippen LogP contribution is 2.20. The van der Waals surface area contributed by atoms with Crippen LogP contribution in [0.4, 0.5) is 17.6 Å². The highest BCUT2D eigenvalue weighted by Gasteiger charge is 2.24. The lowest BCUT2D eigenvalue weighted by atomic mass is 9.57. The Morgan fingerprint density at radius 2 is 1.45 bits per heavy atom. The number of benzene rings is 2. The molecule has 0 fully saturated rings. The fourth-order valence-electron chi connectivity index (χ4n) is 2.19. The van der Waals surface area contributed by atoms with Gasteiger partial charge < -0.3 is 0 Å². The van der Waals surface area contributed by atoms with Gasteiger partial charge in [0.2, 0.25) is 0 Å². The molecule has 0 saturated heterocycles. The highest BCUT2D eigenvalue weighted by molar-refractivity contribution is 6.55. The van der Waals surface area contributed by atoms with Gasteiger partial charge in [-0.25, -0.2) is 17.6 Å². The van der Waals surface area contributed by atoms with Crippen molar-refractivity contribution in [2.75, 3.05) is 0 Å². The van der Waals surface area contributed by atoms with E-state index < -0.39 is 40.1 Å². The fraction of sp³-hybridized carbons (Fsp3) is 0.176. The molecule has 1 atom stereocenters. The van der Waals surface area contributed by atoms with Gasteiger partial charge in [-0.2, -0.15) is 0 Å². The summed E-state index contributed by atoms with van der Waals surface area (Å²) in [5, 5.41) is 0. The zero-order valence-electron chi connectivity index (χ0n) is 12.3. The highest BCUT2D eigenvalue weighted by atomic mass is 19.2. The lowest BCUT2D eigenvalue weighted by molar-refractivity contribution is 0.453. The van der Waals surface area contributed by atoms with Crippen LogP contribution in [0.3, 0.4) is 0 Å². The van der Waals surface area contributed by atoms with Crippen LogP contribution in [0.25, 0.3) is 6.08 Å². The van der Waals surface area contributed by atoms with Gasteiger partial charge in [0.25, 0.3) is 0 Å². The van der Waals surface area contributed by atoms with Gasteiger partial charge in [-0.05, 0) is 23.8 Å². The molecule has 0 heterocycles. The zero-order chi connectivity index (χ0) is 16.4. The fourth-order valence-corrected chi connectivity index (χ4v) is 2.19. The third kappa shape index (κ3) is 2.94. The Kier molecular flexibility index (Phi) is 4.74. The molecule has 2 rings (SSSR count). The Bertz CT molecular complexity index is 679. The van der Waals surface area contributed by atoms with E-state index in [0.717, 1.165) is 18.1 Å². The molecule has 2 aromatic carbocycles. The Balaban J connectivity index is 2.35. The van der Waals surface area contributed by atoms with E-state index in [2.05, 4.69) is 6.58 Å². The van der Waals surface area contributed by atoms with Crippen LogP contribution in [-0.4, -0.2) is 7.28 Å². The molecule has 0 aliphatic heterocycles. The van der Waals surface area contributed by atoms with Crippen LogP contribution in [0.15, 0.2) is 30.8 Å². The maximum absolute atomic E-state index is 13.9. The first-order chi connectivity index (χ1) is 10.4. The van der Waals surface area contributed by atoms with Crippen LogP contribution in [0.5, 0.6) is 0 Å². The van der Waals surface area contributed by atoms with Crippen molar-refractivity contribution < 1.29 is 17.6 Å². The van der Waals surface area contributed by atoms with Gasteiger partial charge in [0.05, 0.1) is 0 Å². The first-order valence-corrected chi connectivity index (χ1v) is 6.76. The van der Waals surface area contributed by atoms with E-state index in [4.69, 9.17) is 0 Å². The molecule has 0 amide bonds. The molecule has 113 valence electrons. The molecule has 0 nitrogen and oxygen atoms in total. The summed E-state index contributed by atoms with van der Waals surface area (Å²) in [5.41, 5.74) is 0.336. The molecular formula is C17H14BF4. The quantitative estimate of drug-likeness (QED) is 0.449. The summed E-state index contributed by atoms with van der Waals surface area (Å²) in [6.07, 6.45) is 1.67. The van der Waals surface area contributed by atoms with E-state index in [0.29, 0.717) is 0 Å². The summed E-state index contributed by atoms with van der Waals surface area (Å²) in [5.74, 6) is -5.87. The minimum absolute atomic E-state index is 0.413. The lowest BCUT2D eigenvalue weighted by Crippen LogP contribution is -2.30. The lowest BCUT2D eigenvalue weighted by Gasteiger charge is -2.14. The monoisotopic (exact) mass is 305 g/mol. The molecule has 0 aliphatic carbocycles. The average molecular weight is 305 g/mol. The zero-order valence-corrected chi connectivity index (χ0v) is 12.3. The SMILES string of the molecule is C=Cc1ccc(C(C)[B]c2c(F)c(F)c(C)c(F)c2F)cc1. The second-order valence-corrected chi connectivity index (χ2v) is 5.12. The normalized spacial score (nSPS) is 12.1. The molecule has 0 aromatic heterocycles.